The van der Waals surface area contributed by atoms with Gasteiger partial charge in [0, 0.05) is 31.2 Å². The van der Waals surface area contributed by atoms with E-state index in [1.807, 2.05) is 43.9 Å². The topological polar surface area (TPSA) is 61.9 Å². The highest BCUT2D eigenvalue weighted by molar-refractivity contribution is 5.79. The standard InChI is InChI=1S/C23H37N3O3/c1-22(2,3)26(16-18-10-8-7-9-11-18)20(27)17-25-14-12-19(13-15-25)24-21(28)29-23(4,5)6/h7-11,19H,12-17H2,1-6H3,(H,24,28). The van der Waals surface area contributed by atoms with Crippen LogP contribution in [-0.2, 0) is 16.1 Å². The first-order chi connectivity index (χ1) is 13.4. The molecule has 0 unspecified atom stereocenters. The second-order valence-corrected chi connectivity index (χ2v) is 9.83. The number of nitrogens with one attached hydrogen (secondary N) is 1. The number of ether oxygens (including phenoxy) is 1. The Kier molecular flexibility index (Phi) is 7.69. The van der Waals surface area contributed by atoms with Crippen LogP contribution < -0.4 is 5.32 Å². The third kappa shape index (κ3) is 8.05. The van der Waals surface area contributed by atoms with Crippen molar-refractivity contribution in [3.05, 3.63) is 35.9 Å². The van der Waals surface area contributed by atoms with Crippen LogP contribution in [0.15, 0.2) is 30.3 Å². The van der Waals surface area contributed by atoms with E-state index in [-0.39, 0.29) is 23.6 Å². The molecule has 0 spiro atoms. The summed E-state index contributed by atoms with van der Waals surface area (Å²) in [6.45, 7) is 14.4. The number of carbonyl (C=O) groups excluding carboxylic acids is 2. The number of piperidine rings is 1. The van der Waals surface area contributed by atoms with Crippen molar-refractivity contribution in [1.82, 2.24) is 15.1 Å². The molecule has 0 bridgehead atoms. The molecular formula is C23H37N3O3. The third-order valence-corrected chi connectivity index (χ3v) is 4.96. The Hall–Kier alpha value is -2.08. The molecule has 1 N–H and O–H groups in total. The third-order valence-electron chi connectivity index (χ3n) is 4.96. The molecule has 1 aliphatic rings. The number of rotatable bonds is 5. The van der Waals surface area contributed by atoms with Crippen LogP contribution in [0.2, 0.25) is 0 Å². The number of hydrogen-bond donors (Lipinski definition) is 1. The first-order valence-electron chi connectivity index (χ1n) is 10.5. The van der Waals surface area contributed by atoms with Crippen LogP contribution >= 0.6 is 0 Å². The molecule has 1 heterocycles. The first kappa shape index (κ1) is 23.2. The van der Waals surface area contributed by atoms with Gasteiger partial charge in [0.2, 0.25) is 5.91 Å². The Labute approximate surface area is 175 Å². The summed E-state index contributed by atoms with van der Waals surface area (Å²) in [6, 6.07) is 10.2. The molecule has 0 radical (unpaired) electrons. The van der Waals surface area contributed by atoms with Crippen molar-refractivity contribution in [2.45, 2.75) is 78.1 Å². The van der Waals surface area contributed by atoms with Crippen molar-refractivity contribution in [3.63, 3.8) is 0 Å². The fourth-order valence-electron chi connectivity index (χ4n) is 3.45. The normalized spacial score (nSPS) is 16.3. The van der Waals surface area contributed by atoms with Gasteiger partial charge >= 0.3 is 6.09 Å². The number of nitrogens with zero attached hydrogens (tertiary/aromatic N) is 2. The number of likely N-dealkylation sites (tertiary alicyclic amines) is 1. The van der Waals surface area contributed by atoms with E-state index in [0.717, 1.165) is 31.5 Å². The lowest BCUT2D eigenvalue weighted by atomic mass is 10.0. The van der Waals surface area contributed by atoms with Gasteiger partial charge in [0.25, 0.3) is 0 Å². The van der Waals surface area contributed by atoms with Crippen LogP contribution in [0.5, 0.6) is 0 Å². The molecular weight excluding hydrogens is 366 g/mol. The average Bonchev–Trinajstić information content (AvgIpc) is 2.59. The van der Waals surface area contributed by atoms with E-state index in [4.69, 9.17) is 4.74 Å². The van der Waals surface area contributed by atoms with Crippen molar-refractivity contribution in [3.8, 4) is 0 Å². The summed E-state index contributed by atoms with van der Waals surface area (Å²) in [5, 5.41) is 2.95. The maximum atomic E-state index is 13.1. The molecule has 0 atom stereocenters. The molecule has 1 saturated heterocycles. The highest BCUT2D eigenvalue weighted by Gasteiger charge is 2.30. The molecule has 162 valence electrons. The highest BCUT2D eigenvalue weighted by Crippen LogP contribution is 2.19. The Balaban J connectivity index is 1.86. The van der Waals surface area contributed by atoms with Crippen molar-refractivity contribution in [2.75, 3.05) is 19.6 Å². The summed E-state index contributed by atoms with van der Waals surface area (Å²) in [7, 11) is 0. The Morgan fingerprint density at radius 2 is 1.66 bits per heavy atom. The molecule has 1 aromatic rings. The van der Waals surface area contributed by atoms with Gasteiger partial charge in [0.15, 0.2) is 0 Å². The molecule has 0 saturated carbocycles. The van der Waals surface area contributed by atoms with Gasteiger partial charge in [-0.05, 0) is 59.9 Å². The predicted octanol–water partition coefficient (Wildman–Crippen LogP) is 3.80. The van der Waals surface area contributed by atoms with E-state index in [1.165, 1.54) is 0 Å². The fourth-order valence-corrected chi connectivity index (χ4v) is 3.45. The number of hydrogen-bond acceptors (Lipinski definition) is 4. The minimum Gasteiger partial charge on any atom is -0.444 e. The highest BCUT2D eigenvalue weighted by atomic mass is 16.6. The molecule has 1 aromatic carbocycles. The van der Waals surface area contributed by atoms with Crippen molar-refractivity contribution in [1.29, 1.82) is 0 Å². The van der Waals surface area contributed by atoms with Crippen molar-refractivity contribution < 1.29 is 14.3 Å². The fraction of sp³-hybridized carbons (Fsp3) is 0.652. The minimum absolute atomic E-state index is 0.0965. The molecule has 2 amide bonds. The van der Waals surface area contributed by atoms with Gasteiger partial charge in [-0.1, -0.05) is 30.3 Å². The van der Waals surface area contributed by atoms with Gasteiger partial charge in [0.05, 0.1) is 6.54 Å². The van der Waals surface area contributed by atoms with E-state index >= 15 is 0 Å². The second-order valence-electron chi connectivity index (χ2n) is 9.83. The molecule has 6 heteroatoms. The van der Waals surface area contributed by atoms with Crippen molar-refractivity contribution >= 4 is 12.0 Å². The van der Waals surface area contributed by atoms with Crippen LogP contribution in [0, 0.1) is 0 Å². The minimum atomic E-state index is -0.494. The molecule has 29 heavy (non-hydrogen) atoms. The summed E-state index contributed by atoms with van der Waals surface area (Å²) >= 11 is 0. The van der Waals surface area contributed by atoms with Gasteiger partial charge in [-0.25, -0.2) is 4.79 Å². The molecule has 0 aliphatic carbocycles. The molecule has 2 rings (SSSR count). The summed E-state index contributed by atoms with van der Waals surface area (Å²) in [5.74, 6) is 0.139. The molecule has 0 aromatic heterocycles. The molecule has 1 fully saturated rings. The Morgan fingerprint density at radius 1 is 1.07 bits per heavy atom. The van der Waals surface area contributed by atoms with Crippen LogP contribution in [-0.4, -0.2) is 58.6 Å². The van der Waals surface area contributed by atoms with Crippen LogP contribution in [0.4, 0.5) is 4.79 Å². The zero-order valence-electron chi connectivity index (χ0n) is 18.8. The zero-order valence-corrected chi connectivity index (χ0v) is 18.8. The lowest BCUT2D eigenvalue weighted by Crippen LogP contribution is -2.52. The summed E-state index contributed by atoms with van der Waals surface area (Å²) in [6.07, 6.45) is 1.27. The molecule has 6 nitrogen and oxygen atoms in total. The SMILES string of the molecule is CC(C)(C)OC(=O)NC1CCN(CC(=O)N(Cc2ccccc2)C(C)(C)C)CC1. The summed E-state index contributed by atoms with van der Waals surface area (Å²) in [5.41, 5.74) is 0.395. The van der Waals surface area contributed by atoms with E-state index in [0.29, 0.717) is 13.1 Å². The van der Waals surface area contributed by atoms with E-state index < -0.39 is 5.60 Å². The zero-order chi connectivity index (χ0) is 21.7. The van der Waals surface area contributed by atoms with E-state index in [2.05, 4.69) is 43.1 Å². The van der Waals surface area contributed by atoms with Crippen LogP contribution in [0.1, 0.15) is 59.9 Å². The van der Waals surface area contributed by atoms with Crippen LogP contribution in [0.3, 0.4) is 0 Å². The summed E-state index contributed by atoms with van der Waals surface area (Å²) < 4.78 is 5.33. The molecule has 1 aliphatic heterocycles. The smallest absolute Gasteiger partial charge is 0.407 e. The van der Waals surface area contributed by atoms with Gasteiger partial charge in [-0.2, -0.15) is 0 Å². The van der Waals surface area contributed by atoms with Gasteiger partial charge < -0.3 is 15.0 Å². The Morgan fingerprint density at radius 3 is 2.17 bits per heavy atom. The van der Waals surface area contributed by atoms with Gasteiger partial charge in [-0.3, -0.25) is 9.69 Å². The number of benzene rings is 1. The lowest BCUT2D eigenvalue weighted by Gasteiger charge is -2.39. The first-order valence-corrected chi connectivity index (χ1v) is 10.5. The van der Waals surface area contributed by atoms with Crippen molar-refractivity contribution in [2.24, 2.45) is 0 Å². The van der Waals surface area contributed by atoms with Gasteiger partial charge in [-0.15, -0.1) is 0 Å². The lowest BCUT2D eigenvalue weighted by molar-refractivity contribution is -0.138. The van der Waals surface area contributed by atoms with Gasteiger partial charge in [0.1, 0.15) is 5.60 Å². The van der Waals surface area contributed by atoms with E-state index in [1.54, 1.807) is 0 Å². The number of amides is 2. The predicted molar refractivity (Wildman–Crippen MR) is 116 cm³/mol. The number of alkyl carbamates (subject to hydrolysis) is 1. The second kappa shape index (κ2) is 9.61. The quantitative estimate of drug-likeness (QED) is 0.812. The maximum Gasteiger partial charge on any atom is 0.407 e. The summed E-state index contributed by atoms with van der Waals surface area (Å²) in [4.78, 5) is 29.2. The van der Waals surface area contributed by atoms with Crippen LogP contribution in [0.25, 0.3) is 0 Å². The maximum absolute atomic E-state index is 13.1. The largest absolute Gasteiger partial charge is 0.444 e. The van der Waals surface area contributed by atoms with E-state index in [9.17, 15) is 9.59 Å². The Bertz CT molecular complexity index is 669. The monoisotopic (exact) mass is 403 g/mol. The average molecular weight is 404 g/mol. The number of carbonyl (C=O) groups is 2.